The highest BCUT2D eigenvalue weighted by molar-refractivity contribution is 6.11. The van der Waals surface area contributed by atoms with Crippen molar-refractivity contribution in [2.75, 3.05) is 0 Å². The topological polar surface area (TPSA) is 9.86 Å². The molecular weight excluding hydrogens is 617 g/mol. The molecule has 0 saturated carbocycles. The highest BCUT2D eigenvalue weighted by atomic mass is 15.0. The van der Waals surface area contributed by atoms with E-state index in [0.29, 0.717) is 11.8 Å². The van der Waals surface area contributed by atoms with E-state index in [2.05, 4.69) is 194 Å². The summed E-state index contributed by atoms with van der Waals surface area (Å²) >= 11 is 0. The second-order valence-electron chi connectivity index (χ2n) is 14.4. The summed E-state index contributed by atoms with van der Waals surface area (Å²) in [4.78, 5) is 0. The Morgan fingerprint density at radius 2 is 0.804 bits per heavy atom. The molecule has 0 spiro atoms. The zero-order valence-electron chi connectivity index (χ0n) is 29.6. The normalized spacial score (nSPS) is 12.5. The number of nitrogens with zero attached hydrogens (tertiary/aromatic N) is 2. The average molecular weight is 659 g/mol. The summed E-state index contributed by atoms with van der Waals surface area (Å²) in [6.07, 6.45) is 2.41. The minimum atomic E-state index is 0.616. The lowest BCUT2D eigenvalue weighted by atomic mass is 9.87. The lowest BCUT2D eigenvalue weighted by Gasteiger charge is -2.18. The third kappa shape index (κ3) is 5.43. The number of benzene rings is 7. The summed E-state index contributed by atoms with van der Waals surface area (Å²) in [6.45, 7) is 6.96. The van der Waals surface area contributed by atoms with Gasteiger partial charge in [-0.05, 0) is 101 Å². The van der Waals surface area contributed by atoms with E-state index in [1.165, 1.54) is 95.6 Å². The molecule has 1 unspecified atom stereocenters. The van der Waals surface area contributed by atoms with Crippen LogP contribution >= 0.6 is 0 Å². The predicted octanol–water partition coefficient (Wildman–Crippen LogP) is 13.8. The van der Waals surface area contributed by atoms with Crippen LogP contribution < -0.4 is 0 Å². The third-order valence-corrected chi connectivity index (χ3v) is 10.8. The molecule has 2 heterocycles. The van der Waals surface area contributed by atoms with Crippen molar-refractivity contribution in [2.24, 2.45) is 5.92 Å². The van der Waals surface area contributed by atoms with Crippen LogP contribution in [-0.4, -0.2) is 9.13 Å². The number of hydrogen-bond acceptors (Lipinski definition) is 0. The van der Waals surface area contributed by atoms with Crippen molar-refractivity contribution in [1.82, 2.24) is 9.13 Å². The Hall–Kier alpha value is -5.86. The maximum absolute atomic E-state index is 2.42. The van der Waals surface area contributed by atoms with Crippen LogP contribution in [-0.2, 0) is 0 Å². The molecule has 9 aromatic rings. The van der Waals surface area contributed by atoms with Gasteiger partial charge in [0.05, 0.1) is 22.1 Å². The van der Waals surface area contributed by atoms with Crippen LogP contribution in [0.5, 0.6) is 0 Å². The minimum Gasteiger partial charge on any atom is -0.309 e. The van der Waals surface area contributed by atoms with Crippen LogP contribution in [0.25, 0.3) is 77.2 Å². The summed E-state index contributed by atoms with van der Waals surface area (Å²) in [5.74, 6) is 1.32. The van der Waals surface area contributed by atoms with Gasteiger partial charge in [0.2, 0.25) is 0 Å². The second kappa shape index (κ2) is 12.8. The second-order valence-corrected chi connectivity index (χ2v) is 14.4. The Kier molecular flexibility index (Phi) is 7.81. The fourth-order valence-electron chi connectivity index (χ4n) is 8.29. The van der Waals surface area contributed by atoms with E-state index < -0.39 is 0 Å². The zero-order valence-corrected chi connectivity index (χ0v) is 29.6. The summed E-state index contributed by atoms with van der Waals surface area (Å²) in [6, 6.07) is 60.5. The van der Waals surface area contributed by atoms with E-state index in [0.717, 1.165) is 0 Å². The van der Waals surface area contributed by atoms with E-state index in [1.54, 1.807) is 0 Å². The van der Waals surface area contributed by atoms with Crippen LogP contribution in [0.3, 0.4) is 0 Å². The zero-order chi connectivity index (χ0) is 34.5. The van der Waals surface area contributed by atoms with Crippen LogP contribution in [0.15, 0.2) is 164 Å². The summed E-state index contributed by atoms with van der Waals surface area (Å²) in [5.41, 5.74) is 13.6. The largest absolute Gasteiger partial charge is 0.309 e. The van der Waals surface area contributed by atoms with E-state index >= 15 is 0 Å². The quantitative estimate of drug-likeness (QED) is 0.154. The number of rotatable bonds is 8. The van der Waals surface area contributed by atoms with E-state index in [1.807, 2.05) is 0 Å². The SMILES string of the molecule is CCC(CC(C)C)c1ccc(-c2ccc3c4ccccc4n(-c4ccc(-c5ccc(-n6c7ccccc7c7ccccc76)cc5)cc4)c3c2)cc1. The van der Waals surface area contributed by atoms with Crippen molar-refractivity contribution < 1.29 is 0 Å². The van der Waals surface area contributed by atoms with Crippen molar-refractivity contribution in [3.05, 3.63) is 169 Å². The molecule has 0 aliphatic rings. The molecule has 2 nitrogen and oxygen atoms in total. The first kappa shape index (κ1) is 31.1. The molecule has 2 heteroatoms. The Balaban J connectivity index is 1.06. The fraction of sp³-hybridized carbons (Fsp3) is 0.143. The molecule has 1 atom stereocenters. The first-order valence-corrected chi connectivity index (χ1v) is 18.4. The molecule has 0 amide bonds. The molecule has 51 heavy (non-hydrogen) atoms. The molecule has 7 aromatic carbocycles. The van der Waals surface area contributed by atoms with Gasteiger partial charge < -0.3 is 9.13 Å². The van der Waals surface area contributed by atoms with Crippen LogP contribution in [0.1, 0.15) is 45.1 Å². The molecular formula is C49H42N2. The molecule has 0 N–H and O–H groups in total. The monoisotopic (exact) mass is 658 g/mol. The Labute approximate surface area is 300 Å². The molecule has 0 aliphatic heterocycles. The van der Waals surface area contributed by atoms with E-state index in [-0.39, 0.29) is 0 Å². The number of hydrogen-bond donors (Lipinski definition) is 0. The van der Waals surface area contributed by atoms with Crippen molar-refractivity contribution >= 4 is 43.6 Å². The van der Waals surface area contributed by atoms with Crippen LogP contribution in [0.4, 0.5) is 0 Å². The molecule has 0 fully saturated rings. The first-order valence-electron chi connectivity index (χ1n) is 18.4. The molecule has 2 aromatic heterocycles. The lowest BCUT2D eigenvalue weighted by molar-refractivity contribution is 0.489. The van der Waals surface area contributed by atoms with Crippen LogP contribution in [0.2, 0.25) is 0 Å². The van der Waals surface area contributed by atoms with Gasteiger partial charge in [-0.25, -0.2) is 0 Å². The fourth-order valence-corrected chi connectivity index (χ4v) is 8.29. The molecule has 0 bridgehead atoms. The summed E-state index contributed by atoms with van der Waals surface area (Å²) in [7, 11) is 0. The first-order chi connectivity index (χ1) is 25.1. The summed E-state index contributed by atoms with van der Waals surface area (Å²) in [5, 5.41) is 5.12. The lowest BCUT2D eigenvalue weighted by Crippen LogP contribution is -2.01. The molecule has 9 rings (SSSR count). The molecule has 0 saturated heterocycles. The standard InChI is InChI=1S/C49H42N2/c1-4-34(31-33(2)3)35-17-19-38(20-18-35)39-25-30-45-44-13-7-10-16-48(44)51(49(45)32-39)41-28-23-37(24-29-41)36-21-26-40(27-22-36)50-46-14-8-5-11-42(46)43-12-6-9-15-47(43)50/h5-30,32-34H,4,31H2,1-3H3. The predicted molar refractivity (Wildman–Crippen MR) is 218 cm³/mol. The van der Waals surface area contributed by atoms with E-state index in [4.69, 9.17) is 0 Å². The molecule has 0 aliphatic carbocycles. The highest BCUT2D eigenvalue weighted by Gasteiger charge is 2.16. The van der Waals surface area contributed by atoms with Gasteiger partial charge in [0.1, 0.15) is 0 Å². The maximum Gasteiger partial charge on any atom is 0.0547 e. The number of aromatic nitrogens is 2. The van der Waals surface area contributed by atoms with Gasteiger partial charge in [-0.3, -0.25) is 0 Å². The Morgan fingerprint density at radius 1 is 0.412 bits per heavy atom. The Bertz CT molecular complexity index is 2600. The van der Waals surface area contributed by atoms with Crippen molar-refractivity contribution in [2.45, 2.75) is 39.5 Å². The van der Waals surface area contributed by atoms with Gasteiger partial charge in [-0.15, -0.1) is 0 Å². The molecule has 0 radical (unpaired) electrons. The summed E-state index contributed by atoms with van der Waals surface area (Å²) < 4.78 is 4.80. The van der Waals surface area contributed by atoms with Gasteiger partial charge in [0, 0.05) is 32.9 Å². The highest BCUT2D eigenvalue weighted by Crippen LogP contribution is 2.37. The van der Waals surface area contributed by atoms with Crippen molar-refractivity contribution in [3.8, 4) is 33.6 Å². The van der Waals surface area contributed by atoms with Gasteiger partial charge in [0.15, 0.2) is 0 Å². The van der Waals surface area contributed by atoms with Gasteiger partial charge >= 0.3 is 0 Å². The van der Waals surface area contributed by atoms with Crippen molar-refractivity contribution in [1.29, 1.82) is 0 Å². The van der Waals surface area contributed by atoms with Gasteiger partial charge in [-0.2, -0.15) is 0 Å². The number of para-hydroxylation sites is 3. The van der Waals surface area contributed by atoms with Gasteiger partial charge in [-0.1, -0.05) is 136 Å². The smallest absolute Gasteiger partial charge is 0.0547 e. The van der Waals surface area contributed by atoms with Gasteiger partial charge in [0.25, 0.3) is 0 Å². The maximum atomic E-state index is 2.42. The average Bonchev–Trinajstić information content (AvgIpc) is 3.70. The Morgan fingerprint density at radius 3 is 1.27 bits per heavy atom. The van der Waals surface area contributed by atoms with Crippen LogP contribution in [0, 0.1) is 5.92 Å². The van der Waals surface area contributed by atoms with E-state index in [9.17, 15) is 0 Å². The van der Waals surface area contributed by atoms with Crippen molar-refractivity contribution in [3.63, 3.8) is 0 Å². The minimum absolute atomic E-state index is 0.616. The third-order valence-electron chi connectivity index (χ3n) is 10.8. The molecule has 248 valence electrons. The number of fused-ring (bicyclic) bond motifs is 6.